The average molecular weight is 447 g/mol. The van der Waals surface area contributed by atoms with Gasteiger partial charge in [0.1, 0.15) is 11.6 Å². The molecule has 172 valence electrons. The normalized spacial score (nSPS) is 12.8. The highest BCUT2D eigenvalue weighted by Gasteiger charge is 2.36. The van der Waals surface area contributed by atoms with Gasteiger partial charge in [0.15, 0.2) is 5.72 Å². The van der Waals surface area contributed by atoms with Crippen molar-refractivity contribution < 1.29 is 28.7 Å². The van der Waals surface area contributed by atoms with Crippen molar-refractivity contribution in [1.82, 2.24) is 10.2 Å². The van der Waals surface area contributed by atoms with Crippen LogP contribution in [0.3, 0.4) is 0 Å². The zero-order chi connectivity index (χ0) is 23.9. The van der Waals surface area contributed by atoms with E-state index in [9.17, 15) is 29.2 Å². The fourth-order valence-electron chi connectivity index (χ4n) is 3.45. The van der Waals surface area contributed by atoms with E-state index < -0.39 is 28.3 Å². The zero-order valence-electron chi connectivity index (χ0n) is 18.1. The van der Waals surface area contributed by atoms with Crippen molar-refractivity contribution in [3.63, 3.8) is 0 Å². The van der Waals surface area contributed by atoms with E-state index >= 15 is 0 Å². The van der Waals surface area contributed by atoms with E-state index in [1.807, 2.05) is 13.8 Å². The molecule has 2 aromatic rings. The molecule has 32 heavy (non-hydrogen) atoms. The van der Waals surface area contributed by atoms with Gasteiger partial charge in [-0.3, -0.25) is 24.6 Å². The Bertz CT molecular complexity index is 995. The number of carbonyl (C=O) groups is 2. The Morgan fingerprint density at radius 2 is 1.91 bits per heavy atom. The number of nitrogens with zero attached hydrogens (tertiary/aromatic N) is 2. The molecule has 0 radical (unpaired) electrons. The molecule has 0 fully saturated rings. The van der Waals surface area contributed by atoms with Crippen LogP contribution in [0.2, 0.25) is 0 Å². The lowest BCUT2D eigenvalue weighted by molar-refractivity contribution is -0.384. The van der Waals surface area contributed by atoms with Crippen molar-refractivity contribution in [3.8, 4) is 5.75 Å². The van der Waals surface area contributed by atoms with Crippen LogP contribution >= 0.6 is 0 Å². The van der Waals surface area contributed by atoms with Gasteiger partial charge < -0.3 is 15.2 Å². The first-order chi connectivity index (χ1) is 15.1. The lowest BCUT2D eigenvalue weighted by Crippen LogP contribution is -2.52. The first kappa shape index (κ1) is 24.7. The lowest BCUT2D eigenvalue weighted by atomic mass is 10.1. The summed E-state index contributed by atoms with van der Waals surface area (Å²) in [6.07, 6.45) is -0.389. The Kier molecular flexibility index (Phi) is 8.25. The third kappa shape index (κ3) is 6.24. The standard InChI is InChI=1S/C22H26FN3O6/c1-4-25(5-2)22(3,13-20(27)28)32-19-12-16(23)9-10-18(19)21(29)24-14-15-7-6-8-17(11-15)26(30)31/h6-12H,4-5,13-14H2,1-3H3,(H,24,29)(H,27,28). The largest absolute Gasteiger partial charge is 0.481 e. The van der Waals surface area contributed by atoms with Crippen LogP contribution in [0.15, 0.2) is 42.5 Å². The van der Waals surface area contributed by atoms with Crippen molar-refractivity contribution in [3.05, 3.63) is 69.5 Å². The van der Waals surface area contributed by atoms with Crippen LogP contribution in [0.5, 0.6) is 5.75 Å². The maximum atomic E-state index is 14.0. The molecule has 0 aromatic heterocycles. The van der Waals surface area contributed by atoms with Gasteiger partial charge in [-0.15, -0.1) is 0 Å². The van der Waals surface area contributed by atoms with Crippen LogP contribution in [-0.2, 0) is 11.3 Å². The molecule has 2 aromatic carbocycles. The molecule has 2 N–H and O–H groups in total. The topological polar surface area (TPSA) is 122 Å². The van der Waals surface area contributed by atoms with Gasteiger partial charge in [0.25, 0.3) is 11.6 Å². The van der Waals surface area contributed by atoms with Crippen LogP contribution < -0.4 is 10.1 Å². The predicted octanol–water partition coefficient (Wildman–Crippen LogP) is 3.58. The number of non-ortho nitro benzene ring substituents is 1. The Hall–Kier alpha value is -3.53. The van der Waals surface area contributed by atoms with Crippen LogP contribution in [0.1, 0.15) is 43.1 Å². The molecule has 0 heterocycles. The van der Waals surface area contributed by atoms with E-state index in [2.05, 4.69) is 5.32 Å². The number of nitro benzene ring substituents is 1. The van der Waals surface area contributed by atoms with E-state index in [0.29, 0.717) is 18.7 Å². The van der Waals surface area contributed by atoms with E-state index in [0.717, 1.165) is 12.1 Å². The Balaban J connectivity index is 2.30. The molecule has 1 atom stereocenters. The number of halogens is 1. The minimum Gasteiger partial charge on any atom is -0.481 e. The maximum absolute atomic E-state index is 14.0. The minimum absolute atomic E-state index is 0.000230. The van der Waals surface area contributed by atoms with Crippen molar-refractivity contribution in [2.45, 2.75) is 39.5 Å². The number of rotatable bonds is 11. The predicted molar refractivity (Wildman–Crippen MR) is 115 cm³/mol. The summed E-state index contributed by atoms with van der Waals surface area (Å²) in [4.78, 5) is 36.4. The van der Waals surface area contributed by atoms with Crippen molar-refractivity contribution >= 4 is 17.6 Å². The number of carbonyl (C=O) groups excluding carboxylic acids is 1. The third-order valence-electron chi connectivity index (χ3n) is 5.00. The summed E-state index contributed by atoms with van der Waals surface area (Å²) >= 11 is 0. The molecule has 2 rings (SSSR count). The summed E-state index contributed by atoms with van der Waals surface area (Å²) in [7, 11) is 0. The van der Waals surface area contributed by atoms with Crippen molar-refractivity contribution in [2.24, 2.45) is 0 Å². The number of aliphatic carboxylic acids is 1. The minimum atomic E-state index is -1.32. The average Bonchev–Trinajstić information content (AvgIpc) is 2.72. The summed E-state index contributed by atoms with van der Waals surface area (Å²) in [5.74, 6) is -2.44. The quantitative estimate of drug-likeness (QED) is 0.307. The number of amides is 1. The fourth-order valence-corrected chi connectivity index (χ4v) is 3.45. The number of carboxylic acid groups (broad SMARTS) is 1. The number of benzene rings is 2. The highest BCUT2D eigenvalue weighted by atomic mass is 19.1. The molecule has 1 amide bonds. The summed E-state index contributed by atoms with van der Waals surface area (Å²) in [5, 5.41) is 22.9. The van der Waals surface area contributed by atoms with Gasteiger partial charge in [0.2, 0.25) is 0 Å². The van der Waals surface area contributed by atoms with Crippen LogP contribution in [0, 0.1) is 15.9 Å². The third-order valence-corrected chi connectivity index (χ3v) is 5.00. The number of nitrogens with one attached hydrogen (secondary N) is 1. The van der Waals surface area contributed by atoms with Crippen LogP contribution in [0.4, 0.5) is 10.1 Å². The second-order valence-electron chi connectivity index (χ2n) is 7.27. The molecule has 0 aliphatic carbocycles. The molecule has 0 saturated heterocycles. The number of nitro groups is 1. The lowest BCUT2D eigenvalue weighted by Gasteiger charge is -2.39. The molecular weight excluding hydrogens is 421 g/mol. The Morgan fingerprint density at radius 1 is 1.22 bits per heavy atom. The van der Waals surface area contributed by atoms with Crippen molar-refractivity contribution in [2.75, 3.05) is 13.1 Å². The summed E-state index contributed by atoms with van der Waals surface area (Å²) in [6.45, 7) is 6.20. The van der Waals surface area contributed by atoms with E-state index in [1.54, 1.807) is 17.9 Å². The molecule has 1 unspecified atom stereocenters. The van der Waals surface area contributed by atoms with Crippen LogP contribution in [0.25, 0.3) is 0 Å². The SMILES string of the molecule is CCN(CC)C(C)(CC(=O)O)Oc1cc(F)ccc1C(=O)NCc1cccc([N+](=O)[O-])c1. The van der Waals surface area contributed by atoms with Gasteiger partial charge in [0, 0.05) is 24.7 Å². The summed E-state index contributed by atoms with van der Waals surface area (Å²) in [5.41, 5.74) is -0.902. The van der Waals surface area contributed by atoms with Gasteiger partial charge in [-0.1, -0.05) is 26.0 Å². The molecule has 0 spiro atoms. The Labute approximate surface area is 184 Å². The van der Waals surface area contributed by atoms with E-state index in [4.69, 9.17) is 4.74 Å². The number of carboxylic acids is 1. The highest BCUT2D eigenvalue weighted by Crippen LogP contribution is 2.29. The van der Waals surface area contributed by atoms with Crippen LogP contribution in [-0.4, -0.2) is 45.6 Å². The fraction of sp³-hybridized carbons (Fsp3) is 0.364. The van der Waals surface area contributed by atoms with Gasteiger partial charge in [-0.05, 0) is 37.7 Å². The summed E-state index contributed by atoms with van der Waals surface area (Å²) in [6, 6.07) is 9.19. The number of ether oxygens (including phenoxy) is 1. The Morgan fingerprint density at radius 3 is 2.50 bits per heavy atom. The monoisotopic (exact) mass is 447 g/mol. The molecule has 0 bridgehead atoms. The van der Waals surface area contributed by atoms with Gasteiger partial charge in [-0.2, -0.15) is 0 Å². The first-order valence-electron chi connectivity index (χ1n) is 10.1. The molecule has 0 aliphatic heterocycles. The molecule has 9 nitrogen and oxygen atoms in total. The van der Waals surface area contributed by atoms with Gasteiger partial charge in [-0.25, -0.2) is 4.39 Å². The second kappa shape index (κ2) is 10.7. The maximum Gasteiger partial charge on any atom is 0.308 e. The number of hydrogen-bond acceptors (Lipinski definition) is 6. The van der Waals surface area contributed by atoms with E-state index in [1.165, 1.54) is 24.3 Å². The molecular formula is C22H26FN3O6. The smallest absolute Gasteiger partial charge is 0.308 e. The van der Waals surface area contributed by atoms with Gasteiger partial charge in [0.05, 0.1) is 16.9 Å². The van der Waals surface area contributed by atoms with Crippen molar-refractivity contribution in [1.29, 1.82) is 0 Å². The molecule has 0 saturated carbocycles. The number of hydrogen-bond donors (Lipinski definition) is 2. The molecule has 0 aliphatic rings. The van der Waals surface area contributed by atoms with E-state index in [-0.39, 0.29) is 30.0 Å². The zero-order valence-corrected chi connectivity index (χ0v) is 18.1. The second-order valence-corrected chi connectivity index (χ2v) is 7.27. The first-order valence-corrected chi connectivity index (χ1v) is 10.1. The molecule has 10 heteroatoms. The highest BCUT2D eigenvalue weighted by molar-refractivity contribution is 5.96. The summed E-state index contributed by atoms with van der Waals surface area (Å²) < 4.78 is 19.9. The van der Waals surface area contributed by atoms with Gasteiger partial charge >= 0.3 is 5.97 Å².